The molecule has 0 unspecified atom stereocenters. The van der Waals surface area contributed by atoms with Crippen molar-refractivity contribution < 1.29 is 23.9 Å². The number of nitrogens with zero attached hydrogens (tertiary/aromatic N) is 1. The monoisotopic (exact) mass is 505 g/mol. The summed E-state index contributed by atoms with van der Waals surface area (Å²) in [5.74, 6) is -2.96. The van der Waals surface area contributed by atoms with Crippen LogP contribution in [0.4, 0.5) is 5.69 Å². The van der Waals surface area contributed by atoms with E-state index >= 15 is 0 Å². The maximum absolute atomic E-state index is 12.5. The Morgan fingerprint density at radius 3 is 2.35 bits per heavy atom. The molecule has 1 heterocycles. The maximum Gasteiger partial charge on any atom is 0.311 e. The molecule has 2 N–H and O–H groups in total. The molecule has 1 aliphatic heterocycles. The third-order valence-corrected chi connectivity index (χ3v) is 6.22. The summed E-state index contributed by atoms with van der Waals surface area (Å²) in [4.78, 5) is 49.5. The summed E-state index contributed by atoms with van der Waals surface area (Å²) in [5.41, 5.74) is 5.39. The van der Waals surface area contributed by atoms with Gasteiger partial charge >= 0.3 is 5.97 Å². The predicted octanol–water partition coefficient (Wildman–Crippen LogP) is 3.79. The Labute approximate surface area is 207 Å². The second-order valence-corrected chi connectivity index (χ2v) is 8.60. The van der Waals surface area contributed by atoms with Crippen LogP contribution in [0.15, 0.2) is 36.4 Å². The van der Waals surface area contributed by atoms with E-state index < -0.39 is 36.2 Å². The SMILES string of the molecule is CCc1cccc(CC)c1NC(=O)COC(=O)[C@H]1CC(=O)N(NC(=O)c2ccc(Cl)c(Cl)c2)C1. The molecule has 34 heavy (non-hydrogen) atoms. The van der Waals surface area contributed by atoms with E-state index in [0.717, 1.165) is 34.7 Å². The summed E-state index contributed by atoms with van der Waals surface area (Å²) in [6.07, 6.45) is 1.36. The minimum atomic E-state index is -0.802. The maximum atomic E-state index is 12.5. The van der Waals surface area contributed by atoms with Crippen LogP contribution in [0.25, 0.3) is 0 Å². The molecule has 0 spiro atoms. The number of anilines is 1. The Morgan fingerprint density at radius 2 is 1.74 bits per heavy atom. The second kappa shape index (κ2) is 11.4. The first-order chi connectivity index (χ1) is 16.2. The van der Waals surface area contributed by atoms with Crippen molar-refractivity contribution in [3.05, 3.63) is 63.1 Å². The van der Waals surface area contributed by atoms with E-state index in [1.165, 1.54) is 18.2 Å². The smallest absolute Gasteiger partial charge is 0.311 e. The number of amides is 3. The van der Waals surface area contributed by atoms with Gasteiger partial charge in [-0.2, -0.15) is 0 Å². The second-order valence-electron chi connectivity index (χ2n) is 7.79. The van der Waals surface area contributed by atoms with E-state index in [2.05, 4.69) is 10.7 Å². The molecule has 2 aromatic rings. The first kappa shape index (κ1) is 25.5. The minimum absolute atomic E-state index is 0.0645. The van der Waals surface area contributed by atoms with Gasteiger partial charge in [0.1, 0.15) is 0 Å². The number of benzene rings is 2. The van der Waals surface area contributed by atoms with E-state index in [1.807, 2.05) is 32.0 Å². The Morgan fingerprint density at radius 1 is 1.06 bits per heavy atom. The fourth-order valence-corrected chi connectivity index (χ4v) is 3.93. The molecule has 3 rings (SSSR count). The molecule has 0 bridgehead atoms. The average molecular weight is 506 g/mol. The number of ether oxygens (including phenoxy) is 1. The molecule has 0 radical (unpaired) electrons. The number of hydrogen-bond donors (Lipinski definition) is 2. The number of hydrazine groups is 1. The molecule has 0 saturated carbocycles. The lowest BCUT2D eigenvalue weighted by atomic mass is 10.0. The van der Waals surface area contributed by atoms with Crippen LogP contribution in [-0.2, 0) is 32.0 Å². The highest BCUT2D eigenvalue weighted by Crippen LogP contribution is 2.24. The number of rotatable bonds is 8. The number of halogens is 2. The van der Waals surface area contributed by atoms with Crippen molar-refractivity contribution in [2.45, 2.75) is 33.1 Å². The van der Waals surface area contributed by atoms with Crippen molar-refractivity contribution in [3.8, 4) is 0 Å². The molecule has 180 valence electrons. The fraction of sp³-hybridized carbons (Fsp3) is 0.333. The van der Waals surface area contributed by atoms with Crippen molar-refractivity contribution in [3.63, 3.8) is 0 Å². The van der Waals surface area contributed by atoms with Crippen LogP contribution in [0.2, 0.25) is 10.0 Å². The van der Waals surface area contributed by atoms with E-state index in [1.54, 1.807) is 0 Å². The number of carbonyl (C=O) groups excluding carboxylic acids is 4. The Balaban J connectivity index is 1.53. The zero-order valence-corrected chi connectivity index (χ0v) is 20.3. The van der Waals surface area contributed by atoms with Gasteiger partial charge in [-0.25, -0.2) is 0 Å². The van der Waals surface area contributed by atoms with Gasteiger partial charge in [-0.1, -0.05) is 55.2 Å². The number of para-hydroxylation sites is 1. The van der Waals surface area contributed by atoms with Crippen LogP contribution >= 0.6 is 23.2 Å². The van der Waals surface area contributed by atoms with Gasteiger partial charge in [0.05, 0.1) is 22.5 Å². The lowest BCUT2D eigenvalue weighted by Gasteiger charge is -2.18. The van der Waals surface area contributed by atoms with Gasteiger partial charge in [0.2, 0.25) is 5.91 Å². The highest BCUT2D eigenvalue weighted by Gasteiger charge is 2.36. The number of nitrogens with one attached hydrogen (secondary N) is 2. The standard InChI is InChI=1S/C24H25Cl2N3O5/c1-3-14-6-5-7-15(4-2)22(14)27-20(30)13-34-24(33)17-11-21(31)29(12-17)28-23(32)16-8-9-18(25)19(26)10-16/h5-10,17H,3-4,11-13H2,1-2H3,(H,27,30)(H,28,32)/t17-/m0/s1. The molecular formula is C24H25Cl2N3O5. The van der Waals surface area contributed by atoms with Gasteiger partial charge in [-0.05, 0) is 42.2 Å². The van der Waals surface area contributed by atoms with Crippen LogP contribution in [0, 0.1) is 5.92 Å². The molecule has 1 atom stereocenters. The molecule has 8 nitrogen and oxygen atoms in total. The van der Waals surface area contributed by atoms with Crippen LogP contribution in [0.1, 0.15) is 41.8 Å². The normalized spacial score (nSPS) is 15.2. The summed E-state index contributed by atoms with van der Waals surface area (Å²) in [6, 6.07) is 10.1. The topological polar surface area (TPSA) is 105 Å². The number of aryl methyl sites for hydroxylation is 2. The van der Waals surface area contributed by atoms with E-state index in [0.29, 0.717) is 5.02 Å². The molecule has 1 saturated heterocycles. The fourth-order valence-electron chi connectivity index (χ4n) is 3.63. The summed E-state index contributed by atoms with van der Waals surface area (Å²) in [7, 11) is 0. The molecule has 1 fully saturated rings. The summed E-state index contributed by atoms with van der Waals surface area (Å²) in [5, 5.41) is 4.38. The van der Waals surface area contributed by atoms with E-state index in [-0.39, 0.29) is 23.6 Å². The molecular weight excluding hydrogens is 481 g/mol. The summed E-state index contributed by atoms with van der Waals surface area (Å²) < 4.78 is 5.15. The van der Waals surface area contributed by atoms with Gasteiger partial charge in [-0.3, -0.25) is 29.6 Å². The Kier molecular flexibility index (Phi) is 8.52. The Hall–Kier alpha value is -3.10. The quantitative estimate of drug-likeness (QED) is 0.531. The predicted molar refractivity (Wildman–Crippen MR) is 129 cm³/mol. The largest absolute Gasteiger partial charge is 0.455 e. The minimum Gasteiger partial charge on any atom is -0.455 e. The highest BCUT2D eigenvalue weighted by molar-refractivity contribution is 6.42. The van der Waals surface area contributed by atoms with Gasteiger partial charge in [0.25, 0.3) is 11.8 Å². The van der Waals surface area contributed by atoms with Crippen molar-refractivity contribution in [1.29, 1.82) is 0 Å². The third-order valence-electron chi connectivity index (χ3n) is 5.49. The molecule has 2 aromatic carbocycles. The highest BCUT2D eigenvalue weighted by atomic mass is 35.5. The molecule has 0 aromatic heterocycles. The van der Waals surface area contributed by atoms with Crippen molar-refractivity contribution >= 4 is 52.6 Å². The van der Waals surface area contributed by atoms with Crippen LogP contribution in [-0.4, -0.2) is 41.9 Å². The van der Waals surface area contributed by atoms with E-state index in [4.69, 9.17) is 27.9 Å². The summed E-state index contributed by atoms with van der Waals surface area (Å²) in [6.45, 7) is 3.45. The number of hydrogen-bond acceptors (Lipinski definition) is 5. The van der Waals surface area contributed by atoms with Crippen LogP contribution in [0.3, 0.4) is 0 Å². The lowest BCUT2D eigenvalue weighted by molar-refractivity contribution is -0.151. The van der Waals surface area contributed by atoms with Crippen LogP contribution < -0.4 is 10.7 Å². The number of esters is 1. The lowest BCUT2D eigenvalue weighted by Crippen LogP contribution is -2.43. The van der Waals surface area contributed by atoms with Crippen molar-refractivity contribution in [1.82, 2.24) is 10.4 Å². The van der Waals surface area contributed by atoms with Gasteiger partial charge in [0.15, 0.2) is 6.61 Å². The summed E-state index contributed by atoms with van der Waals surface area (Å²) >= 11 is 11.8. The van der Waals surface area contributed by atoms with Gasteiger partial charge < -0.3 is 10.1 Å². The van der Waals surface area contributed by atoms with Crippen molar-refractivity contribution in [2.24, 2.45) is 5.92 Å². The van der Waals surface area contributed by atoms with Crippen LogP contribution in [0.5, 0.6) is 0 Å². The first-order valence-electron chi connectivity index (χ1n) is 10.9. The van der Waals surface area contributed by atoms with E-state index in [9.17, 15) is 19.2 Å². The van der Waals surface area contributed by atoms with Gasteiger partial charge in [-0.15, -0.1) is 0 Å². The molecule has 0 aliphatic carbocycles. The molecule has 1 aliphatic rings. The first-order valence-corrected chi connectivity index (χ1v) is 11.6. The number of carbonyl (C=O) groups is 4. The zero-order chi connectivity index (χ0) is 24.8. The molecule has 10 heteroatoms. The molecule has 3 amide bonds. The average Bonchev–Trinajstić information content (AvgIpc) is 3.19. The van der Waals surface area contributed by atoms with Crippen molar-refractivity contribution in [2.75, 3.05) is 18.5 Å². The Bertz CT molecular complexity index is 1100. The van der Waals surface area contributed by atoms with Gasteiger partial charge in [0, 0.05) is 17.7 Å². The zero-order valence-electron chi connectivity index (χ0n) is 18.8. The third kappa shape index (κ3) is 6.07.